The molecule has 4 nitrogen and oxygen atoms in total. The van der Waals surface area contributed by atoms with E-state index >= 15 is 0 Å². The van der Waals surface area contributed by atoms with Crippen molar-refractivity contribution in [3.8, 4) is 0 Å². The van der Waals surface area contributed by atoms with Gasteiger partial charge < -0.3 is 9.73 Å². The van der Waals surface area contributed by atoms with Crippen LogP contribution < -0.4 is 5.32 Å². The smallest absolute Gasteiger partial charge is 0.224 e. The lowest BCUT2D eigenvalue weighted by atomic mass is 9.98. The molecule has 0 fully saturated rings. The molecule has 1 amide bonds. The topological polar surface area (TPSA) is 45.5 Å². The lowest BCUT2D eigenvalue weighted by Crippen LogP contribution is -2.40. The summed E-state index contributed by atoms with van der Waals surface area (Å²) in [5, 5.41) is 3.02. The second-order valence-electron chi connectivity index (χ2n) is 7.13. The fourth-order valence-electron chi connectivity index (χ4n) is 3.73. The Morgan fingerprint density at radius 2 is 1.86 bits per heavy atom. The quantitative estimate of drug-likeness (QED) is 0.708. The lowest BCUT2D eigenvalue weighted by Gasteiger charge is -2.34. The van der Waals surface area contributed by atoms with E-state index in [2.05, 4.69) is 34.5 Å². The highest BCUT2D eigenvalue weighted by Gasteiger charge is 2.27. The van der Waals surface area contributed by atoms with Crippen LogP contribution in [0, 0.1) is 5.82 Å². The summed E-state index contributed by atoms with van der Waals surface area (Å²) in [4.78, 5) is 14.7. The molecule has 0 saturated heterocycles. The van der Waals surface area contributed by atoms with Crippen LogP contribution in [-0.2, 0) is 24.2 Å². The first kappa shape index (κ1) is 18.4. The van der Waals surface area contributed by atoms with Crippen LogP contribution in [0.5, 0.6) is 0 Å². The van der Waals surface area contributed by atoms with E-state index in [4.69, 9.17) is 4.42 Å². The second-order valence-corrected chi connectivity index (χ2v) is 7.13. The highest BCUT2D eigenvalue weighted by molar-refractivity contribution is 5.78. The number of nitrogens with zero attached hydrogens (tertiary/aromatic N) is 1. The van der Waals surface area contributed by atoms with E-state index in [0.717, 1.165) is 30.8 Å². The van der Waals surface area contributed by atoms with Gasteiger partial charge in [-0.1, -0.05) is 36.4 Å². The van der Waals surface area contributed by atoms with Gasteiger partial charge in [0.05, 0.1) is 18.7 Å². The molecule has 28 heavy (non-hydrogen) atoms. The van der Waals surface area contributed by atoms with Gasteiger partial charge >= 0.3 is 0 Å². The fraction of sp³-hybridized carbons (Fsp3) is 0.261. The monoisotopic (exact) mass is 378 g/mol. The number of halogens is 1. The maximum Gasteiger partial charge on any atom is 0.224 e. The van der Waals surface area contributed by atoms with Crippen LogP contribution in [0.15, 0.2) is 71.3 Å². The van der Waals surface area contributed by atoms with Crippen molar-refractivity contribution >= 4 is 5.91 Å². The highest BCUT2D eigenvalue weighted by atomic mass is 19.1. The Kier molecular flexibility index (Phi) is 5.53. The van der Waals surface area contributed by atoms with Crippen LogP contribution in [0.1, 0.15) is 28.5 Å². The maximum absolute atomic E-state index is 13.0. The second kappa shape index (κ2) is 8.40. The van der Waals surface area contributed by atoms with Gasteiger partial charge in [0.15, 0.2) is 0 Å². The summed E-state index contributed by atoms with van der Waals surface area (Å²) >= 11 is 0. The normalized spacial score (nSPS) is 15.0. The third-order valence-corrected chi connectivity index (χ3v) is 5.24. The molecule has 4 rings (SSSR count). The van der Waals surface area contributed by atoms with E-state index < -0.39 is 0 Å². The van der Waals surface area contributed by atoms with Crippen molar-refractivity contribution in [3.63, 3.8) is 0 Å². The molecule has 5 heteroatoms. The summed E-state index contributed by atoms with van der Waals surface area (Å²) in [6.45, 7) is 2.21. The van der Waals surface area contributed by atoms with Crippen molar-refractivity contribution < 1.29 is 13.6 Å². The first-order chi connectivity index (χ1) is 13.7. The van der Waals surface area contributed by atoms with Crippen LogP contribution in [0.3, 0.4) is 0 Å². The summed E-state index contributed by atoms with van der Waals surface area (Å²) in [7, 11) is 0. The van der Waals surface area contributed by atoms with Gasteiger partial charge in [0.2, 0.25) is 5.91 Å². The van der Waals surface area contributed by atoms with Gasteiger partial charge in [-0.3, -0.25) is 9.69 Å². The Morgan fingerprint density at radius 3 is 2.61 bits per heavy atom. The Labute approximate surface area is 164 Å². The van der Waals surface area contributed by atoms with Crippen LogP contribution in [0.25, 0.3) is 0 Å². The number of nitrogens with one attached hydrogen (secondary N) is 1. The number of hydrogen-bond acceptors (Lipinski definition) is 3. The molecule has 1 N–H and O–H groups in total. The van der Waals surface area contributed by atoms with Crippen molar-refractivity contribution in [2.24, 2.45) is 0 Å². The molecule has 2 aromatic carbocycles. The van der Waals surface area contributed by atoms with E-state index in [1.165, 1.54) is 23.3 Å². The van der Waals surface area contributed by atoms with Crippen LogP contribution in [0.2, 0.25) is 0 Å². The highest BCUT2D eigenvalue weighted by Crippen LogP contribution is 2.27. The molecule has 1 aliphatic heterocycles. The predicted octanol–water partition coefficient (Wildman–Crippen LogP) is 3.88. The third kappa shape index (κ3) is 4.31. The van der Waals surface area contributed by atoms with E-state index in [0.29, 0.717) is 6.54 Å². The largest absolute Gasteiger partial charge is 0.468 e. The number of amides is 1. The first-order valence-electron chi connectivity index (χ1n) is 9.54. The molecule has 0 bridgehead atoms. The average Bonchev–Trinajstić information content (AvgIpc) is 3.24. The molecular formula is C23H23FN2O2. The third-order valence-electron chi connectivity index (χ3n) is 5.24. The summed E-state index contributed by atoms with van der Waals surface area (Å²) in [6.07, 6.45) is 2.88. The Balaban J connectivity index is 1.43. The molecule has 1 aliphatic rings. The molecule has 0 radical (unpaired) electrons. The van der Waals surface area contributed by atoms with Crippen molar-refractivity contribution in [1.29, 1.82) is 0 Å². The number of benzene rings is 2. The number of hydrogen-bond donors (Lipinski definition) is 1. The van der Waals surface area contributed by atoms with Crippen molar-refractivity contribution in [2.45, 2.75) is 25.4 Å². The number of carbonyl (C=O) groups is 1. The van der Waals surface area contributed by atoms with Crippen molar-refractivity contribution in [3.05, 3.63) is 95.2 Å². The first-order valence-corrected chi connectivity index (χ1v) is 9.54. The lowest BCUT2D eigenvalue weighted by molar-refractivity contribution is -0.120. The number of fused-ring (bicyclic) bond motifs is 1. The molecule has 0 spiro atoms. The van der Waals surface area contributed by atoms with E-state index in [-0.39, 0.29) is 24.2 Å². The van der Waals surface area contributed by atoms with Gasteiger partial charge in [-0.05, 0) is 47.4 Å². The zero-order valence-electron chi connectivity index (χ0n) is 15.6. The summed E-state index contributed by atoms with van der Waals surface area (Å²) < 4.78 is 18.7. The average molecular weight is 378 g/mol. The molecule has 0 unspecified atom stereocenters. The Bertz CT molecular complexity index is 922. The molecule has 144 valence electrons. The van der Waals surface area contributed by atoms with Gasteiger partial charge in [-0.15, -0.1) is 0 Å². The van der Waals surface area contributed by atoms with E-state index in [9.17, 15) is 9.18 Å². The minimum Gasteiger partial charge on any atom is -0.468 e. The minimum absolute atomic E-state index is 0.0273. The summed E-state index contributed by atoms with van der Waals surface area (Å²) in [5.74, 6) is 0.467. The SMILES string of the molecule is O=C(Cc1ccc(F)cc1)NC[C@@H](c1ccco1)N1CCc2ccccc2C1. The van der Waals surface area contributed by atoms with Gasteiger partial charge in [-0.25, -0.2) is 4.39 Å². The summed E-state index contributed by atoms with van der Waals surface area (Å²) in [5.41, 5.74) is 3.50. The molecule has 1 atom stereocenters. The summed E-state index contributed by atoms with van der Waals surface area (Å²) in [6, 6.07) is 18.3. The van der Waals surface area contributed by atoms with Gasteiger partial charge in [-0.2, -0.15) is 0 Å². The van der Waals surface area contributed by atoms with Crippen molar-refractivity contribution in [2.75, 3.05) is 13.1 Å². The molecule has 1 aromatic heterocycles. The van der Waals surface area contributed by atoms with E-state index in [1.807, 2.05) is 12.1 Å². The zero-order valence-corrected chi connectivity index (χ0v) is 15.6. The van der Waals surface area contributed by atoms with Crippen molar-refractivity contribution in [1.82, 2.24) is 10.2 Å². The number of rotatable bonds is 6. The minimum atomic E-state index is -0.299. The molecule has 3 aromatic rings. The zero-order chi connectivity index (χ0) is 19.3. The molecule has 2 heterocycles. The predicted molar refractivity (Wildman–Crippen MR) is 105 cm³/mol. The molecule has 0 aliphatic carbocycles. The van der Waals surface area contributed by atoms with E-state index in [1.54, 1.807) is 18.4 Å². The van der Waals surface area contributed by atoms with Gasteiger partial charge in [0.25, 0.3) is 0 Å². The molecular weight excluding hydrogens is 355 g/mol. The fourth-order valence-corrected chi connectivity index (χ4v) is 3.73. The Morgan fingerprint density at radius 1 is 1.07 bits per heavy atom. The standard InChI is InChI=1S/C23H23FN2O2/c24-20-9-7-17(8-10-20)14-23(27)25-15-21(22-6-3-13-28-22)26-12-11-18-4-1-2-5-19(18)16-26/h1-10,13,21H,11-12,14-16H2,(H,25,27)/t21-/m0/s1. The van der Waals surface area contributed by atoms with Gasteiger partial charge in [0, 0.05) is 19.6 Å². The van der Waals surface area contributed by atoms with Crippen LogP contribution >= 0.6 is 0 Å². The number of carbonyl (C=O) groups excluding carboxylic acids is 1. The number of furan rings is 1. The van der Waals surface area contributed by atoms with Gasteiger partial charge in [0.1, 0.15) is 11.6 Å². The van der Waals surface area contributed by atoms with Crippen LogP contribution in [-0.4, -0.2) is 23.9 Å². The Hall–Kier alpha value is -2.92. The maximum atomic E-state index is 13.0. The van der Waals surface area contributed by atoms with Crippen LogP contribution in [0.4, 0.5) is 4.39 Å². The molecule has 0 saturated carbocycles.